The van der Waals surface area contributed by atoms with Gasteiger partial charge in [0, 0.05) is 12.6 Å². The molecule has 0 aromatic heterocycles. The van der Waals surface area contributed by atoms with Gasteiger partial charge in [-0.2, -0.15) is 0 Å². The van der Waals surface area contributed by atoms with Crippen LogP contribution in [0, 0.1) is 11.7 Å². The molecule has 3 atom stereocenters. The number of nitrogens with two attached hydrogens (primary N) is 1. The number of hydrogen-bond donors (Lipinski definition) is 2. The number of amides is 1. The molecule has 0 spiro atoms. The van der Waals surface area contributed by atoms with E-state index in [1.165, 1.54) is 6.07 Å². The summed E-state index contributed by atoms with van der Waals surface area (Å²) >= 11 is 5.75. The van der Waals surface area contributed by atoms with Crippen LogP contribution in [-0.4, -0.2) is 36.5 Å². The fourth-order valence-electron chi connectivity index (χ4n) is 2.86. The summed E-state index contributed by atoms with van der Waals surface area (Å²) < 4.78 is 13.7. The van der Waals surface area contributed by atoms with Gasteiger partial charge in [0.05, 0.1) is 17.1 Å². The standard InChI is InChI=1S/C16H23ClFN3O.ClH/c1-9(2)14(19)16(22)20-13-6-7-21(3)15(13)10-4-5-11(17)12(18)8-10;/h4-5,8-9,13-15H,6-7,19H2,1-3H3,(H,20,22);1H/t13?,14-,15?;/m0./s1. The second-order valence-corrected chi connectivity index (χ2v) is 6.68. The number of benzene rings is 1. The van der Waals surface area contributed by atoms with Crippen molar-refractivity contribution in [3.63, 3.8) is 0 Å². The molecule has 0 saturated carbocycles. The molecule has 1 aliphatic heterocycles. The zero-order chi connectivity index (χ0) is 16.4. The lowest BCUT2D eigenvalue weighted by atomic mass is 9.98. The van der Waals surface area contributed by atoms with Crippen LogP contribution in [0.1, 0.15) is 31.9 Å². The van der Waals surface area contributed by atoms with E-state index in [-0.39, 0.29) is 41.3 Å². The quantitative estimate of drug-likeness (QED) is 0.864. The molecule has 2 unspecified atom stereocenters. The molecule has 1 saturated heterocycles. The van der Waals surface area contributed by atoms with E-state index in [1.807, 2.05) is 20.9 Å². The number of nitrogens with zero attached hydrogens (tertiary/aromatic N) is 1. The summed E-state index contributed by atoms with van der Waals surface area (Å²) in [4.78, 5) is 14.3. The molecule has 1 aliphatic rings. The summed E-state index contributed by atoms with van der Waals surface area (Å²) in [5.41, 5.74) is 6.71. The summed E-state index contributed by atoms with van der Waals surface area (Å²) in [6, 6.07) is 4.11. The number of hydrogen-bond acceptors (Lipinski definition) is 3. The molecule has 0 aliphatic carbocycles. The highest BCUT2D eigenvalue weighted by atomic mass is 35.5. The lowest BCUT2D eigenvalue weighted by Crippen LogP contribution is -2.49. The lowest BCUT2D eigenvalue weighted by molar-refractivity contribution is -0.124. The third-order valence-corrected chi connectivity index (χ3v) is 4.59. The molecular formula is C16H24Cl2FN3O. The molecule has 1 heterocycles. The molecule has 1 fully saturated rings. The summed E-state index contributed by atoms with van der Waals surface area (Å²) in [6.07, 6.45) is 0.808. The first kappa shape index (κ1) is 20.2. The van der Waals surface area contributed by atoms with Gasteiger partial charge in [0.2, 0.25) is 5.91 Å². The van der Waals surface area contributed by atoms with E-state index in [2.05, 4.69) is 10.2 Å². The number of carbonyl (C=O) groups is 1. The Labute approximate surface area is 148 Å². The van der Waals surface area contributed by atoms with E-state index in [0.29, 0.717) is 0 Å². The Morgan fingerprint density at radius 1 is 1.48 bits per heavy atom. The van der Waals surface area contributed by atoms with Gasteiger partial charge in [-0.05, 0) is 37.1 Å². The SMILES string of the molecule is CC(C)[C@H](N)C(=O)NC1CCN(C)C1c1ccc(Cl)c(F)c1.Cl. The van der Waals surface area contributed by atoms with Crippen molar-refractivity contribution in [1.29, 1.82) is 0 Å². The molecule has 1 aromatic carbocycles. The van der Waals surface area contributed by atoms with Gasteiger partial charge >= 0.3 is 0 Å². The zero-order valence-electron chi connectivity index (χ0n) is 13.6. The Morgan fingerprint density at radius 3 is 2.70 bits per heavy atom. The zero-order valence-corrected chi connectivity index (χ0v) is 15.1. The van der Waals surface area contributed by atoms with Crippen LogP contribution < -0.4 is 11.1 Å². The number of nitrogens with one attached hydrogen (secondary N) is 1. The van der Waals surface area contributed by atoms with Gasteiger partial charge in [-0.1, -0.05) is 31.5 Å². The van der Waals surface area contributed by atoms with E-state index in [4.69, 9.17) is 17.3 Å². The molecule has 130 valence electrons. The van der Waals surface area contributed by atoms with Crippen LogP contribution in [-0.2, 0) is 4.79 Å². The highest BCUT2D eigenvalue weighted by Crippen LogP contribution is 2.32. The summed E-state index contributed by atoms with van der Waals surface area (Å²) in [5, 5.41) is 3.12. The maximum absolute atomic E-state index is 13.7. The topological polar surface area (TPSA) is 58.4 Å². The number of carbonyl (C=O) groups excluding carboxylic acids is 1. The molecule has 2 rings (SSSR count). The minimum atomic E-state index is -0.534. The first-order chi connectivity index (χ1) is 10.3. The molecule has 1 amide bonds. The van der Waals surface area contributed by atoms with Crippen molar-refractivity contribution < 1.29 is 9.18 Å². The van der Waals surface area contributed by atoms with Crippen LogP contribution >= 0.6 is 24.0 Å². The van der Waals surface area contributed by atoms with Gasteiger partial charge in [0.1, 0.15) is 5.82 Å². The van der Waals surface area contributed by atoms with Gasteiger partial charge < -0.3 is 11.1 Å². The minimum Gasteiger partial charge on any atom is -0.350 e. The molecule has 4 nitrogen and oxygen atoms in total. The van der Waals surface area contributed by atoms with Crippen molar-refractivity contribution in [2.75, 3.05) is 13.6 Å². The van der Waals surface area contributed by atoms with Crippen LogP contribution in [0.4, 0.5) is 4.39 Å². The molecule has 1 aromatic rings. The average molecular weight is 364 g/mol. The molecule has 7 heteroatoms. The predicted molar refractivity (Wildman–Crippen MR) is 93.4 cm³/mol. The van der Waals surface area contributed by atoms with E-state index in [1.54, 1.807) is 12.1 Å². The smallest absolute Gasteiger partial charge is 0.237 e. The van der Waals surface area contributed by atoms with Crippen molar-refractivity contribution in [2.24, 2.45) is 11.7 Å². The number of rotatable bonds is 4. The Balaban J connectivity index is 0.00000264. The Kier molecular flexibility index (Phi) is 7.27. The fourth-order valence-corrected chi connectivity index (χ4v) is 2.98. The van der Waals surface area contributed by atoms with Crippen molar-refractivity contribution in [3.8, 4) is 0 Å². The van der Waals surface area contributed by atoms with Gasteiger partial charge in [-0.25, -0.2) is 4.39 Å². The maximum Gasteiger partial charge on any atom is 0.237 e. The number of likely N-dealkylation sites (tertiary alicyclic amines) is 1. The number of likely N-dealkylation sites (N-methyl/N-ethyl adjacent to an activating group) is 1. The van der Waals surface area contributed by atoms with Gasteiger partial charge in [-0.3, -0.25) is 9.69 Å². The van der Waals surface area contributed by atoms with E-state index in [0.717, 1.165) is 18.5 Å². The van der Waals surface area contributed by atoms with Crippen molar-refractivity contribution >= 4 is 29.9 Å². The summed E-state index contributed by atoms with van der Waals surface area (Å²) in [5.74, 6) is -0.524. The second-order valence-electron chi connectivity index (χ2n) is 6.27. The first-order valence-electron chi connectivity index (χ1n) is 7.52. The van der Waals surface area contributed by atoms with E-state index < -0.39 is 11.9 Å². The van der Waals surface area contributed by atoms with Crippen molar-refractivity contribution in [1.82, 2.24) is 10.2 Å². The van der Waals surface area contributed by atoms with Crippen LogP contribution in [0.3, 0.4) is 0 Å². The van der Waals surface area contributed by atoms with Crippen LogP contribution in [0.2, 0.25) is 5.02 Å². The average Bonchev–Trinajstić information content (AvgIpc) is 2.81. The highest BCUT2D eigenvalue weighted by molar-refractivity contribution is 6.30. The lowest BCUT2D eigenvalue weighted by Gasteiger charge is -2.27. The minimum absolute atomic E-state index is 0. The second kappa shape index (κ2) is 8.29. The Morgan fingerprint density at radius 2 is 2.13 bits per heavy atom. The predicted octanol–water partition coefficient (Wildman–Crippen LogP) is 2.75. The van der Waals surface area contributed by atoms with Gasteiger partial charge in [0.25, 0.3) is 0 Å². The van der Waals surface area contributed by atoms with Gasteiger partial charge in [0.15, 0.2) is 0 Å². The van der Waals surface area contributed by atoms with Gasteiger partial charge in [-0.15, -0.1) is 12.4 Å². The molecular weight excluding hydrogens is 340 g/mol. The molecule has 23 heavy (non-hydrogen) atoms. The third kappa shape index (κ3) is 4.57. The van der Waals surface area contributed by atoms with Crippen molar-refractivity contribution in [2.45, 2.75) is 38.4 Å². The normalized spacial score (nSPS) is 22.7. The first-order valence-corrected chi connectivity index (χ1v) is 7.90. The third-order valence-electron chi connectivity index (χ3n) is 4.28. The molecule has 3 N–H and O–H groups in total. The summed E-state index contributed by atoms with van der Waals surface area (Å²) in [7, 11) is 1.96. The van der Waals surface area contributed by atoms with E-state index in [9.17, 15) is 9.18 Å². The molecule has 0 bridgehead atoms. The largest absolute Gasteiger partial charge is 0.350 e. The van der Waals surface area contributed by atoms with Crippen LogP contribution in [0.5, 0.6) is 0 Å². The van der Waals surface area contributed by atoms with Crippen molar-refractivity contribution in [3.05, 3.63) is 34.6 Å². The monoisotopic (exact) mass is 363 g/mol. The Bertz CT molecular complexity index is 556. The highest BCUT2D eigenvalue weighted by Gasteiger charge is 2.35. The Hall–Kier alpha value is -0.880. The fraction of sp³-hybridized carbons (Fsp3) is 0.562. The number of halogens is 3. The summed E-state index contributed by atoms with van der Waals surface area (Å²) in [6.45, 7) is 4.66. The molecule has 0 radical (unpaired) electrons. The van der Waals surface area contributed by atoms with E-state index >= 15 is 0 Å². The van der Waals surface area contributed by atoms with Crippen LogP contribution in [0.25, 0.3) is 0 Å². The van der Waals surface area contributed by atoms with Crippen LogP contribution in [0.15, 0.2) is 18.2 Å². The maximum atomic E-state index is 13.7.